The first-order valence-corrected chi connectivity index (χ1v) is 6.67. The Morgan fingerprint density at radius 1 is 1.35 bits per heavy atom. The molecule has 1 aromatic rings. The summed E-state index contributed by atoms with van der Waals surface area (Å²) in [6.45, 7) is 5.74. The molecule has 1 heterocycles. The highest BCUT2D eigenvalue weighted by atomic mass is 16.3. The van der Waals surface area contributed by atoms with Crippen LogP contribution in [0.2, 0.25) is 0 Å². The van der Waals surface area contributed by atoms with Crippen molar-refractivity contribution in [2.75, 3.05) is 13.1 Å². The van der Waals surface area contributed by atoms with Crippen molar-refractivity contribution in [3.05, 3.63) is 23.7 Å². The van der Waals surface area contributed by atoms with Crippen LogP contribution >= 0.6 is 0 Å². The van der Waals surface area contributed by atoms with Crippen LogP contribution in [0.25, 0.3) is 0 Å². The minimum Gasteiger partial charge on any atom is -0.469 e. The van der Waals surface area contributed by atoms with Gasteiger partial charge in [-0.15, -0.1) is 0 Å². The summed E-state index contributed by atoms with van der Waals surface area (Å²) in [7, 11) is 0. The van der Waals surface area contributed by atoms with Crippen LogP contribution in [-0.4, -0.2) is 36.1 Å². The largest absolute Gasteiger partial charge is 0.469 e. The third-order valence-electron chi connectivity index (χ3n) is 2.90. The number of hydrogen-bond donors (Lipinski definition) is 3. The van der Waals surface area contributed by atoms with Gasteiger partial charge >= 0.3 is 0 Å². The molecule has 0 saturated carbocycles. The second kappa shape index (κ2) is 7.69. The van der Waals surface area contributed by atoms with E-state index in [2.05, 4.69) is 10.6 Å². The maximum absolute atomic E-state index is 11.7. The zero-order valence-electron chi connectivity index (χ0n) is 12.1. The molecule has 0 aliphatic heterocycles. The fourth-order valence-corrected chi connectivity index (χ4v) is 1.89. The number of aryl methyl sites for hydroxylation is 1. The van der Waals surface area contributed by atoms with Gasteiger partial charge in [0, 0.05) is 6.54 Å². The summed E-state index contributed by atoms with van der Waals surface area (Å²) < 4.78 is 5.02. The van der Waals surface area contributed by atoms with Gasteiger partial charge in [0.2, 0.25) is 5.91 Å². The van der Waals surface area contributed by atoms with Gasteiger partial charge in [0.25, 0.3) is 5.91 Å². The molecule has 0 saturated heterocycles. The van der Waals surface area contributed by atoms with Gasteiger partial charge in [0.1, 0.15) is 5.76 Å². The Morgan fingerprint density at radius 3 is 2.60 bits per heavy atom. The van der Waals surface area contributed by atoms with Crippen molar-refractivity contribution in [3.63, 3.8) is 0 Å². The van der Waals surface area contributed by atoms with E-state index in [1.54, 1.807) is 19.9 Å². The lowest BCUT2D eigenvalue weighted by Gasteiger charge is -2.14. The lowest BCUT2D eigenvalue weighted by molar-refractivity contribution is -0.120. The summed E-state index contributed by atoms with van der Waals surface area (Å²) >= 11 is 0. The molecule has 2 amide bonds. The Balaban J connectivity index is 2.27. The van der Waals surface area contributed by atoms with Crippen LogP contribution in [0.3, 0.4) is 0 Å². The number of rotatable bonds is 7. The SMILES string of the molecule is Cc1occc1C(=O)NCC(=O)NCC(C)CC(C)O. The lowest BCUT2D eigenvalue weighted by Crippen LogP contribution is -2.38. The van der Waals surface area contributed by atoms with Crippen molar-refractivity contribution in [3.8, 4) is 0 Å². The molecule has 1 rings (SSSR count). The molecule has 6 nitrogen and oxygen atoms in total. The summed E-state index contributed by atoms with van der Waals surface area (Å²) in [5.74, 6) is 0.125. The molecule has 0 fully saturated rings. The average molecular weight is 282 g/mol. The van der Waals surface area contributed by atoms with Gasteiger partial charge in [-0.1, -0.05) is 6.92 Å². The van der Waals surface area contributed by atoms with Crippen LogP contribution < -0.4 is 10.6 Å². The first kappa shape index (κ1) is 16.2. The van der Waals surface area contributed by atoms with E-state index >= 15 is 0 Å². The number of carbonyl (C=O) groups excluding carboxylic acids is 2. The van der Waals surface area contributed by atoms with Crippen molar-refractivity contribution < 1.29 is 19.1 Å². The van der Waals surface area contributed by atoms with Crippen molar-refractivity contribution in [2.24, 2.45) is 5.92 Å². The fourth-order valence-electron chi connectivity index (χ4n) is 1.89. The average Bonchev–Trinajstić information content (AvgIpc) is 2.79. The molecular weight excluding hydrogens is 260 g/mol. The zero-order chi connectivity index (χ0) is 15.1. The Bertz CT molecular complexity index is 454. The van der Waals surface area contributed by atoms with E-state index in [9.17, 15) is 14.7 Å². The number of aliphatic hydroxyl groups is 1. The van der Waals surface area contributed by atoms with Gasteiger partial charge in [-0.25, -0.2) is 0 Å². The van der Waals surface area contributed by atoms with E-state index in [0.717, 1.165) is 0 Å². The van der Waals surface area contributed by atoms with E-state index in [1.807, 2.05) is 6.92 Å². The topological polar surface area (TPSA) is 91.6 Å². The number of furan rings is 1. The molecular formula is C14H22N2O4. The molecule has 0 aliphatic rings. The predicted octanol–water partition coefficient (Wildman–Crippen LogP) is 0.841. The zero-order valence-corrected chi connectivity index (χ0v) is 12.1. The number of amides is 2. The van der Waals surface area contributed by atoms with Gasteiger partial charge in [0.05, 0.1) is 24.5 Å². The lowest BCUT2D eigenvalue weighted by atomic mass is 10.1. The minimum atomic E-state index is -0.384. The second-order valence-corrected chi connectivity index (χ2v) is 5.07. The number of carbonyl (C=O) groups is 2. The quantitative estimate of drug-likeness (QED) is 0.691. The molecule has 6 heteroatoms. The second-order valence-electron chi connectivity index (χ2n) is 5.07. The van der Waals surface area contributed by atoms with Crippen LogP contribution in [0.4, 0.5) is 0 Å². The molecule has 1 aromatic heterocycles. The van der Waals surface area contributed by atoms with E-state index in [1.165, 1.54) is 6.26 Å². The molecule has 2 atom stereocenters. The summed E-state index contributed by atoms with van der Waals surface area (Å²) in [5.41, 5.74) is 0.431. The summed E-state index contributed by atoms with van der Waals surface area (Å²) in [5, 5.41) is 14.5. The molecule has 0 radical (unpaired) electrons. The Morgan fingerprint density at radius 2 is 2.05 bits per heavy atom. The third kappa shape index (κ3) is 5.44. The molecule has 0 aliphatic carbocycles. The predicted molar refractivity (Wildman–Crippen MR) is 74.2 cm³/mol. The molecule has 0 bridgehead atoms. The van der Waals surface area contributed by atoms with Crippen LogP contribution in [0.1, 0.15) is 36.4 Å². The molecule has 3 N–H and O–H groups in total. The minimum absolute atomic E-state index is 0.0785. The highest BCUT2D eigenvalue weighted by Crippen LogP contribution is 2.07. The molecule has 20 heavy (non-hydrogen) atoms. The summed E-state index contributed by atoms with van der Waals surface area (Å²) in [6.07, 6.45) is 1.67. The highest BCUT2D eigenvalue weighted by Gasteiger charge is 2.13. The van der Waals surface area contributed by atoms with Crippen molar-refractivity contribution in [1.29, 1.82) is 0 Å². The van der Waals surface area contributed by atoms with E-state index in [4.69, 9.17) is 4.42 Å². The van der Waals surface area contributed by atoms with Crippen LogP contribution in [-0.2, 0) is 4.79 Å². The van der Waals surface area contributed by atoms with Gasteiger partial charge in [0.15, 0.2) is 0 Å². The Kier molecular flexibility index (Phi) is 6.24. The van der Waals surface area contributed by atoms with Crippen LogP contribution in [0, 0.1) is 12.8 Å². The maximum Gasteiger partial charge on any atom is 0.255 e. The van der Waals surface area contributed by atoms with Crippen molar-refractivity contribution in [1.82, 2.24) is 10.6 Å². The highest BCUT2D eigenvalue weighted by molar-refractivity contribution is 5.97. The van der Waals surface area contributed by atoms with Crippen LogP contribution in [0.5, 0.6) is 0 Å². The standard InChI is InChI=1S/C14H22N2O4/c1-9(6-10(2)17)7-15-13(18)8-16-14(19)12-4-5-20-11(12)3/h4-5,9-10,17H,6-8H2,1-3H3,(H,15,18)(H,16,19). The number of aliphatic hydroxyl groups excluding tert-OH is 1. The van der Waals surface area contributed by atoms with E-state index in [0.29, 0.717) is 24.3 Å². The maximum atomic E-state index is 11.7. The van der Waals surface area contributed by atoms with Gasteiger partial charge in [-0.2, -0.15) is 0 Å². The van der Waals surface area contributed by atoms with Gasteiger partial charge in [-0.05, 0) is 32.3 Å². The smallest absolute Gasteiger partial charge is 0.255 e. The van der Waals surface area contributed by atoms with E-state index < -0.39 is 0 Å². The van der Waals surface area contributed by atoms with Gasteiger partial charge in [-0.3, -0.25) is 9.59 Å². The monoisotopic (exact) mass is 282 g/mol. The van der Waals surface area contributed by atoms with Crippen LogP contribution in [0.15, 0.2) is 16.7 Å². The number of nitrogens with one attached hydrogen (secondary N) is 2. The first-order valence-electron chi connectivity index (χ1n) is 6.67. The Labute approximate surface area is 118 Å². The summed E-state index contributed by atoms with van der Waals surface area (Å²) in [6, 6.07) is 1.56. The van der Waals surface area contributed by atoms with Crippen molar-refractivity contribution >= 4 is 11.8 Å². The summed E-state index contributed by atoms with van der Waals surface area (Å²) in [4.78, 5) is 23.3. The van der Waals surface area contributed by atoms with E-state index in [-0.39, 0.29) is 30.4 Å². The first-order chi connectivity index (χ1) is 9.40. The van der Waals surface area contributed by atoms with Crippen molar-refractivity contribution in [2.45, 2.75) is 33.3 Å². The van der Waals surface area contributed by atoms with Gasteiger partial charge < -0.3 is 20.2 Å². The fraction of sp³-hybridized carbons (Fsp3) is 0.571. The third-order valence-corrected chi connectivity index (χ3v) is 2.90. The molecule has 0 aromatic carbocycles. The molecule has 2 unspecified atom stereocenters. The number of hydrogen-bond acceptors (Lipinski definition) is 4. The normalized spacial score (nSPS) is 13.6. The molecule has 112 valence electrons. The molecule has 0 spiro atoms. The Hall–Kier alpha value is -1.82.